The number of aliphatic hydroxyl groups is 1. The Hall–Kier alpha value is -0.880. The Kier molecular flexibility index (Phi) is 2.56. The highest BCUT2D eigenvalue weighted by Crippen LogP contribution is 2.42. The molecular formula is C9H7BrF2O3. The predicted octanol–water partition coefficient (Wildman–Crippen LogP) is 2.26. The van der Waals surface area contributed by atoms with Crippen molar-refractivity contribution in [2.75, 3.05) is 13.4 Å². The molecule has 82 valence electrons. The first kappa shape index (κ1) is 10.6. The lowest BCUT2D eigenvalue weighted by Gasteiger charge is -2.15. The second-order valence-electron chi connectivity index (χ2n) is 3.05. The van der Waals surface area contributed by atoms with Gasteiger partial charge < -0.3 is 14.6 Å². The topological polar surface area (TPSA) is 38.7 Å². The van der Waals surface area contributed by atoms with Gasteiger partial charge in [-0.1, -0.05) is 15.9 Å². The average molecular weight is 281 g/mol. The maximum atomic E-state index is 13.2. The molecule has 2 rings (SSSR count). The molecule has 1 N–H and O–H groups in total. The summed E-state index contributed by atoms with van der Waals surface area (Å²) >= 11 is 3.00. The van der Waals surface area contributed by atoms with Crippen molar-refractivity contribution in [3.05, 3.63) is 22.2 Å². The third kappa shape index (κ3) is 1.79. The summed E-state index contributed by atoms with van der Waals surface area (Å²) in [5, 5.41) is 8.58. The van der Waals surface area contributed by atoms with E-state index in [9.17, 15) is 8.78 Å². The van der Waals surface area contributed by atoms with Crippen LogP contribution in [-0.4, -0.2) is 18.5 Å². The zero-order valence-electron chi connectivity index (χ0n) is 7.47. The smallest absolute Gasteiger partial charge is 0.297 e. The van der Waals surface area contributed by atoms with Gasteiger partial charge in [0.05, 0.1) is 0 Å². The van der Waals surface area contributed by atoms with Gasteiger partial charge in [0.25, 0.3) is 5.92 Å². The van der Waals surface area contributed by atoms with Crippen LogP contribution in [0.15, 0.2) is 16.6 Å². The summed E-state index contributed by atoms with van der Waals surface area (Å²) in [5.41, 5.74) is -0.311. The SMILES string of the molecule is OCC(F)(F)c1cc2c(cc1Br)OCO2. The minimum absolute atomic E-state index is 0.0237. The number of ether oxygens (including phenoxy) is 2. The molecule has 1 aromatic rings. The predicted molar refractivity (Wildman–Crippen MR) is 51.2 cm³/mol. The minimum atomic E-state index is -3.29. The van der Waals surface area contributed by atoms with Crippen molar-refractivity contribution in [1.82, 2.24) is 0 Å². The second kappa shape index (κ2) is 3.61. The lowest BCUT2D eigenvalue weighted by molar-refractivity contribution is -0.0563. The molecule has 0 bridgehead atoms. The van der Waals surface area contributed by atoms with Crippen LogP contribution in [0.5, 0.6) is 11.5 Å². The molecule has 0 aliphatic carbocycles. The maximum absolute atomic E-state index is 13.2. The molecule has 1 aromatic carbocycles. The number of hydrogen-bond acceptors (Lipinski definition) is 3. The van der Waals surface area contributed by atoms with E-state index < -0.39 is 12.5 Å². The Morgan fingerprint density at radius 2 is 1.93 bits per heavy atom. The van der Waals surface area contributed by atoms with Crippen LogP contribution in [0.2, 0.25) is 0 Å². The molecule has 0 unspecified atom stereocenters. The molecule has 0 saturated carbocycles. The summed E-state index contributed by atoms with van der Waals surface area (Å²) in [5.74, 6) is -2.61. The first-order valence-corrected chi connectivity index (χ1v) is 4.92. The summed E-state index contributed by atoms with van der Waals surface area (Å²) in [6.07, 6.45) is 0. The summed E-state index contributed by atoms with van der Waals surface area (Å²) in [6.45, 7) is -1.22. The van der Waals surface area contributed by atoms with E-state index in [0.717, 1.165) is 0 Å². The monoisotopic (exact) mass is 280 g/mol. The number of aliphatic hydroxyl groups excluding tert-OH is 1. The molecule has 0 atom stereocenters. The van der Waals surface area contributed by atoms with Crippen LogP contribution in [0, 0.1) is 0 Å². The molecule has 1 aliphatic rings. The van der Waals surface area contributed by atoms with E-state index in [1.54, 1.807) is 0 Å². The van der Waals surface area contributed by atoms with Crippen molar-refractivity contribution in [2.45, 2.75) is 5.92 Å². The minimum Gasteiger partial charge on any atom is -0.454 e. The van der Waals surface area contributed by atoms with Gasteiger partial charge in [0, 0.05) is 10.0 Å². The molecule has 1 heterocycles. The summed E-state index contributed by atoms with van der Waals surface area (Å²) in [4.78, 5) is 0. The second-order valence-corrected chi connectivity index (χ2v) is 3.90. The highest BCUT2D eigenvalue weighted by atomic mass is 79.9. The summed E-state index contributed by atoms with van der Waals surface area (Å²) < 4.78 is 36.7. The first-order chi connectivity index (χ1) is 7.04. The standard InChI is InChI=1S/C9H7BrF2O3/c10-6-2-8-7(14-4-15-8)1-5(6)9(11,12)3-13/h1-2,13H,3-4H2. The van der Waals surface area contributed by atoms with Gasteiger partial charge in [-0.3, -0.25) is 0 Å². The number of benzene rings is 1. The maximum Gasteiger partial charge on any atom is 0.297 e. The van der Waals surface area contributed by atoms with Crippen LogP contribution >= 0.6 is 15.9 Å². The Balaban J connectivity index is 2.49. The molecule has 6 heteroatoms. The van der Waals surface area contributed by atoms with Crippen LogP contribution in [0.4, 0.5) is 8.78 Å². The third-order valence-electron chi connectivity index (χ3n) is 2.05. The number of hydrogen-bond donors (Lipinski definition) is 1. The van der Waals surface area contributed by atoms with E-state index in [0.29, 0.717) is 5.75 Å². The number of fused-ring (bicyclic) bond motifs is 1. The molecule has 0 spiro atoms. The van der Waals surface area contributed by atoms with E-state index in [-0.39, 0.29) is 22.6 Å². The van der Waals surface area contributed by atoms with Crippen molar-refractivity contribution in [3.63, 3.8) is 0 Å². The highest BCUT2D eigenvalue weighted by Gasteiger charge is 2.34. The van der Waals surface area contributed by atoms with Gasteiger partial charge in [0.2, 0.25) is 6.79 Å². The quantitative estimate of drug-likeness (QED) is 0.903. The summed E-state index contributed by atoms with van der Waals surface area (Å²) in [6, 6.07) is 2.57. The zero-order chi connectivity index (χ0) is 11.1. The van der Waals surface area contributed by atoms with Gasteiger partial charge in [-0.05, 0) is 12.1 Å². The Morgan fingerprint density at radius 1 is 1.33 bits per heavy atom. The summed E-state index contributed by atoms with van der Waals surface area (Å²) in [7, 11) is 0. The zero-order valence-corrected chi connectivity index (χ0v) is 9.05. The number of halogens is 3. The van der Waals surface area contributed by atoms with E-state index >= 15 is 0 Å². The Morgan fingerprint density at radius 3 is 2.53 bits per heavy atom. The van der Waals surface area contributed by atoms with Crippen molar-refractivity contribution in [2.24, 2.45) is 0 Å². The van der Waals surface area contributed by atoms with E-state index in [1.807, 2.05) is 0 Å². The van der Waals surface area contributed by atoms with Crippen LogP contribution in [0.25, 0.3) is 0 Å². The lowest BCUT2D eigenvalue weighted by atomic mass is 10.1. The number of alkyl halides is 2. The molecular weight excluding hydrogens is 274 g/mol. The molecule has 0 aromatic heterocycles. The lowest BCUT2D eigenvalue weighted by Crippen LogP contribution is -2.19. The normalized spacial score (nSPS) is 14.4. The van der Waals surface area contributed by atoms with Gasteiger partial charge in [0.1, 0.15) is 6.61 Å². The van der Waals surface area contributed by atoms with Gasteiger partial charge in [0.15, 0.2) is 11.5 Å². The molecule has 0 amide bonds. The number of rotatable bonds is 2. The van der Waals surface area contributed by atoms with Gasteiger partial charge >= 0.3 is 0 Å². The molecule has 0 saturated heterocycles. The van der Waals surface area contributed by atoms with Crippen molar-refractivity contribution in [3.8, 4) is 11.5 Å². The van der Waals surface area contributed by atoms with Crippen LogP contribution < -0.4 is 9.47 Å². The van der Waals surface area contributed by atoms with Crippen molar-refractivity contribution in [1.29, 1.82) is 0 Å². The van der Waals surface area contributed by atoms with Crippen molar-refractivity contribution < 1.29 is 23.4 Å². The molecule has 1 aliphatic heterocycles. The fraction of sp³-hybridized carbons (Fsp3) is 0.333. The van der Waals surface area contributed by atoms with E-state index in [1.165, 1.54) is 12.1 Å². The largest absolute Gasteiger partial charge is 0.454 e. The van der Waals surface area contributed by atoms with Gasteiger partial charge in [-0.25, -0.2) is 0 Å². The van der Waals surface area contributed by atoms with Crippen LogP contribution in [0.3, 0.4) is 0 Å². The molecule has 15 heavy (non-hydrogen) atoms. The van der Waals surface area contributed by atoms with Gasteiger partial charge in [-0.15, -0.1) is 0 Å². The van der Waals surface area contributed by atoms with Gasteiger partial charge in [-0.2, -0.15) is 8.78 Å². The third-order valence-corrected chi connectivity index (χ3v) is 2.71. The first-order valence-electron chi connectivity index (χ1n) is 4.13. The molecule has 0 fully saturated rings. The highest BCUT2D eigenvalue weighted by molar-refractivity contribution is 9.10. The Bertz CT molecular complexity index is 395. The van der Waals surface area contributed by atoms with Crippen LogP contribution in [-0.2, 0) is 5.92 Å². The average Bonchev–Trinajstić information content (AvgIpc) is 2.63. The van der Waals surface area contributed by atoms with E-state index in [2.05, 4.69) is 15.9 Å². The molecule has 3 nitrogen and oxygen atoms in total. The van der Waals surface area contributed by atoms with E-state index in [4.69, 9.17) is 14.6 Å². The molecule has 0 radical (unpaired) electrons. The Labute approximate surface area is 92.7 Å². The van der Waals surface area contributed by atoms with Crippen molar-refractivity contribution >= 4 is 15.9 Å². The fourth-order valence-corrected chi connectivity index (χ4v) is 1.90. The van der Waals surface area contributed by atoms with Crippen LogP contribution in [0.1, 0.15) is 5.56 Å². The fourth-order valence-electron chi connectivity index (χ4n) is 1.28.